The zero-order valence-electron chi connectivity index (χ0n) is 5.51. The van der Waals surface area contributed by atoms with Gasteiger partial charge in [-0.25, -0.2) is 8.78 Å². The highest BCUT2D eigenvalue weighted by atomic mass is 19.1. The molecule has 0 N–H and O–H groups in total. The van der Waals surface area contributed by atoms with Crippen molar-refractivity contribution in [3.63, 3.8) is 0 Å². The molecule has 0 saturated heterocycles. The summed E-state index contributed by atoms with van der Waals surface area (Å²) >= 11 is 0. The Morgan fingerprint density at radius 1 is 1.36 bits per heavy atom. The first-order valence-corrected chi connectivity index (χ1v) is 2.90. The first kappa shape index (κ1) is 7.61. The van der Waals surface area contributed by atoms with Crippen molar-refractivity contribution < 1.29 is 8.78 Å². The van der Waals surface area contributed by atoms with E-state index >= 15 is 0 Å². The second-order valence-corrected chi connectivity index (χ2v) is 1.92. The summed E-state index contributed by atoms with van der Waals surface area (Å²) in [5.41, 5.74) is -0.220. The first-order chi connectivity index (χ1) is 5.25. The van der Waals surface area contributed by atoms with E-state index in [1.165, 1.54) is 0 Å². The van der Waals surface area contributed by atoms with Crippen molar-refractivity contribution in [2.75, 3.05) is 0 Å². The number of pyridine rings is 1. The minimum Gasteiger partial charge on any atom is -0.259 e. The number of halogens is 2. The van der Waals surface area contributed by atoms with Crippen molar-refractivity contribution in [1.82, 2.24) is 4.98 Å². The molecular formula is C7H4F2N2. The molecule has 0 radical (unpaired) electrons. The Hall–Kier alpha value is -1.50. The van der Waals surface area contributed by atoms with Crippen LogP contribution in [0.2, 0.25) is 0 Å². The molecule has 1 aromatic rings. The topological polar surface area (TPSA) is 36.7 Å². The average Bonchev–Trinajstić information content (AvgIpc) is 1.97. The monoisotopic (exact) mass is 154 g/mol. The maximum Gasteiger partial charge on any atom is 0.148 e. The molecule has 0 bridgehead atoms. The van der Waals surface area contributed by atoms with Crippen LogP contribution in [0.1, 0.15) is 5.56 Å². The number of aromatic nitrogens is 1. The Morgan fingerprint density at radius 3 is 2.36 bits per heavy atom. The normalized spacial score (nSPS) is 9.18. The predicted molar refractivity (Wildman–Crippen MR) is 33.5 cm³/mol. The molecule has 0 fully saturated rings. The minimum absolute atomic E-state index is 0.220. The molecule has 0 atom stereocenters. The summed E-state index contributed by atoms with van der Waals surface area (Å²) in [6.45, 7) is 0. The van der Waals surface area contributed by atoms with Crippen LogP contribution in [-0.2, 0) is 6.42 Å². The summed E-state index contributed by atoms with van der Waals surface area (Å²) in [4.78, 5) is 3.27. The van der Waals surface area contributed by atoms with Crippen LogP contribution in [0.15, 0.2) is 12.4 Å². The number of hydrogen-bond acceptors (Lipinski definition) is 2. The molecule has 1 rings (SSSR count). The van der Waals surface area contributed by atoms with Crippen molar-refractivity contribution in [3.8, 4) is 6.07 Å². The van der Waals surface area contributed by atoms with E-state index < -0.39 is 11.6 Å². The predicted octanol–water partition coefficient (Wildman–Crippen LogP) is 1.43. The lowest BCUT2D eigenvalue weighted by molar-refractivity contribution is 0.553. The standard InChI is InChI=1S/C7H4F2N2/c8-6-3-11-4-7(9)5(6)1-2-10/h3-4H,1H2. The highest BCUT2D eigenvalue weighted by Gasteiger charge is 2.07. The number of rotatable bonds is 1. The van der Waals surface area contributed by atoms with Gasteiger partial charge in [0.1, 0.15) is 11.6 Å². The summed E-state index contributed by atoms with van der Waals surface area (Å²) in [5.74, 6) is -1.54. The summed E-state index contributed by atoms with van der Waals surface area (Å²) in [6.07, 6.45) is 1.51. The summed E-state index contributed by atoms with van der Waals surface area (Å²) in [7, 11) is 0. The van der Waals surface area contributed by atoms with Gasteiger partial charge in [0.25, 0.3) is 0 Å². The number of hydrogen-bond donors (Lipinski definition) is 0. The molecular weight excluding hydrogens is 150 g/mol. The first-order valence-electron chi connectivity index (χ1n) is 2.90. The van der Waals surface area contributed by atoms with Gasteiger partial charge in [-0.1, -0.05) is 0 Å². The lowest BCUT2D eigenvalue weighted by Crippen LogP contribution is -1.94. The van der Waals surface area contributed by atoms with Gasteiger partial charge in [-0.3, -0.25) is 4.98 Å². The molecule has 0 aliphatic heterocycles. The zero-order chi connectivity index (χ0) is 8.27. The van der Waals surface area contributed by atoms with Crippen LogP contribution < -0.4 is 0 Å². The largest absolute Gasteiger partial charge is 0.259 e. The Bertz CT molecular complexity index is 284. The van der Waals surface area contributed by atoms with Crippen LogP contribution in [0.4, 0.5) is 8.78 Å². The van der Waals surface area contributed by atoms with Gasteiger partial charge >= 0.3 is 0 Å². The van der Waals surface area contributed by atoms with Gasteiger partial charge in [0, 0.05) is 5.56 Å². The van der Waals surface area contributed by atoms with Crippen molar-refractivity contribution in [1.29, 1.82) is 5.26 Å². The smallest absolute Gasteiger partial charge is 0.148 e. The third kappa shape index (κ3) is 1.49. The Labute approximate surface area is 62.1 Å². The maximum atomic E-state index is 12.6. The van der Waals surface area contributed by atoms with Crippen molar-refractivity contribution in [2.45, 2.75) is 6.42 Å². The molecule has 0 unspecified atom stereocenters. The summed E-state index contributed by atoms with van der Waals surface area (Å²) in [5, 5.41) is 8.16. The van der Waals surface area contributed by atoms with Gasteiger partial charge in [-0.2, -0.15) is 5.26 Å². The van der Waals surface area contributed by atoms with Gasteiger partial charge in [0.2, 0.25) is 0 Å². The van der Waals surface area contributed by atoms with Crippen LogP contribution in [-0.4, -0.2) is 4.98 Å². The van der Waals surface area contributed by atoms with Gasteiger partial charge in [-0.15, -0.1) is 0 Å². The molecule has 0 amide bonds. The fourth-order valence-corrected chi connectivity index (χ4v) is 0.686. The molecule has 1 heterocycles. The van der Waals surface area contributed by atoms with E-state index in [-0.39, 0.29) is 12.0 Å². The number of nitrogens with zero attached hydrogens (tertiary/aromatic N) is 2. The van der Waals surface area contributed by atoms with E-state index in [0.717, 1.165) is 12.4 Å². The van der Waals surface area contributed by atoms with Crippen molar-refractivity contribution in [2.24, 2.45) is 0 Å². The average molecular weight is 154 g/mol. The van der Waals surface area contributed by atoms with E-state index in [9.17, 15) is 8.78 Å². The molecule has 2 nitrogen and oxygen atoms in total. The Balaban J connectivity index is 3.12. The second-order valence-electron chi connectivity index (χ2n) is 1.92. The van der Waals surface area contributed by atoms with E-state index in [0.29, 0.717) is 0 Å². The molecule has 0 aliphatic carbocycles. The third-order valence-electron chi connectivity index (χ3n) is 1.21. The van der Waals surface area contributed by atoms with Crippen molar-refractivity contribution in [3.05, 3.63) is 29.6 Å². The Morgan fingerprint density at radius 2 is 1.91 bits per heavy atom. The van der Waals surface area contributed by atoms with Crippen LogP contribution in [0.25, 0.3) is 0 Å². The van der Waals surface area contributed by atoms with E-state index in [1.54, 1.807) is 6.07 Å². The lowest BCUT2D eigenvalue weighted by Gasteiger charge is -1.96. The zero-order valence-corrected chi connectivity index (χ0v) is 5.51. The molecule has 11 heavy (non-hydrogen) atoms. The van der Waals surface area contributed by atoms with Crippen molar-refractivity contribution >= 4 is 0 Å². The minimum atomic E-state index is -0.772. The SMILES string of the molecule is N#CCc1c(F)cncc1F. The molecule has 0 aliphatic rings. The lowest BCUT2D eigenvalue weighted by atomic mass is 10.2. The van der Waals surface area contributed by atoms with Crippen LogP contribution in [0.5, 0.6) is 0 Å². The van der Waals surface area contributed by atoms with Crippen LogP contribution >= 0.6 is 0 Å². The maximum absolute atomic E-state index is 12.6. The second kappa shape index (κ2) is 3.06. The Kier molecular flexibility index (Phi) is 2.12. The summed E-state index contributed by atoms with van der Waals surface area (Å²) in [6, 6.07) is 1.66. The van der Waals surface area contributed by atoms with Gasteiger partial charge in [0.15, 0.2) is 0 Å². The van der Waals surface area contributed by atoms with Crippen LogP contribution in [0, 0.1) is 23.0 Å². The van der Waals surface area contributed by atoms with Gasteiger partial charge in [-0.05, 0) is 0 Å². The highest BCUT2D eigenvalue weighted by Crippen LogP contribution is 2.09. The van der Waals surface area contributed by atoms with E-state index in [2.05, 4.69) is 4.98 Å². The molecule has 4 heteroatoms. The molecule has 0 saturated carbocycles. The molecule has 0 aromatic carbocycles. The fourth-order valence-electron chi connectivity index (χ4n) is 0.686. The highest BCUT2D eigenvalue weighted by molar-refractivity contribution is 5.18. The van der Waals surface area contributed by atoms with Gasteiger partial charge in [0.05, 0.1) is 24.9 Å². The quantitative estimate of drug-likeness (QED) is 0.613. The van der Waals surface area contributed by atoms with E-state index in [4.69, 9.17) is 5.26 Å². The fraction of sp³-hybridized carbons (Fsp3) is 0.143. The van der Waals surface area contributed by atoms with E-state index in [1.807, 2.05) is 0 Å². The third-order valence-corrected chi connectivity index (χ3v) is 1.21. The molecule has 1 aromatic heterocycles. The molecule has 0 spiro atoms. The summed E-state index contributed by atoms with van der Waals surface area (Å²) < 4.78 is 25.2. The number of nitriles is 1. The van der Waals surface area contributed by atoms with Crippen LogP contribution in [0.3, 0.4) is 0 Å². The van der Waals surface area contributed by atoms with Gasteiger partial charge < -0.3 is 0 Å². The molecule has 56 valence electrons.